The quantitative estimate of drug-likeness (QED) is 0.256. The molecule has 2 unspecified atom stereocenters. The van der Waals surface area contributed by atoms with Crippen molar-refractivity contribution < 1.29 is 0 Å². The third-order valence-electron chi connectivity index (χ3n) is 7.04. The third-order valence-corrected chi connectivity index (χ3v) is 7.27. The van der Waals surface area contributed by atoms with Crippen LogP contribution in [-0.4, -0.2) is 20.2 Å². The van der Waals surface area contributed by atoms with Gasteiger partial charge in [-0.15, -0.1) is 0 Å². The van der Waals surface area contributed by atoms with Crippen LogP contribution in [0.3, 0.4) is 0 Å². The summed E-state index contributed by atoms with van der Waals surface area (Å²) in [5, 5.41) is 5.47. The highest BCUT2D eigenvalue weighted by atomic mass is 35.5. The van der Waals surface area contributed by atoms with Gasteiger partial charge in [-0.2, -0.15) is 0 Å². The van der Waals surface area contributed by atoms with Crippen LogP contribution in [0.15, 0.2) is 96.2 Å². The van der Waals surface area contributed by atoms with Crippen LogP contribution in [0, 0.1) is 0 Å². The fourth-order valence-electron chi connectivity index (χ4n) is 4.79. The van der Waals surface area contributed by atoms with Crippen molar-refractivity contribution in [3.63, 3.8) is 0 Å². The number of fused-ring (bicyclic) bond motifs is 1. The summed E-state index contributed by atoms with van der Waals surface area (Å²) in [5.41, 5.74) is 6.06. The Morgan fingerprint density at radius 1 is 1.00 bits per heavy atom. The second-order valence-corrected chi connectivity index (χ2v) is 10.0. The second kappa shape index (κ2) is 10.8. The van der Waals surface area contributed by atoms with E-state index in [1.54, 1.807) is 10.6 Å². The molecule has 0 radical (unpaired) electrons. The van der Waals surface area contributed by atoms with Crippen LogP contribution in [0.2, 0.25) is 5.02 Å². The number of halogens is 1. The molecule has 0 bridgehead atoms. The summed E-state index contributed by atoms with van der Waals surface area (Å²) >= 11 is 6.32. The van der Waals surface area contributed by atoms with Crippen molar-refractivity contribution in [1.82, 2.24) is 19.4 Å². The Labute approximate surface area is 222 Å². The van der Waals surface area contributed by atoms with Gasteiger partial charge in [0.05, 0.1) is 29.8 Å². The molecule has 5 nitrogen and oxygen atoms in total. The highest BCUT2D eigenvalue weighted by Crippen LogP contribution is 2.32. The number of imidazole rings is 1. The van der Waals surface area contributed by atoms with E-state index in [2.05, 4.69) is 65.1 Å². The first kappa shape index (κ1) is 25.0. The summed E-state index contributed by atoms with van der Waals surface area (Å²) < 4.78 is 3.90. The van der Waals surface area contributed by atoms with E-state index in [4.69, 9.17) is 11.6 Å². The van der Waals surface area contributed by atoms with Crippen LogP contribution in [-0.2, 0) is 13.6 Å². The summed E-state index contributed by atoms with van der Waals surface area (Å²) in [5.74, 6) is 0. The fraction of sp³-hybridized carbons (Fsp3) is 0.226. The van der Waals surface area contributed by atoms with E-state index in [1.807, 2.05) is 56.0 Å². The van der Waals surface area contributed by atoms with Crippen LogP contribution < -0.4 is 10.9 Å². The van der Waals surface area contributed by atoms with Crippen molar-refractivity contribution in [2.45, 2.75) is 38.9 Å². The second-order valence-electron chi connectivity index (χ2n) is 9.58. The minimum atomic E-state index is -0.0741. The molecule has 1 N–H and O–H groups in total. The van der Waals surface area contributed by atoms with Gasteiger partial charge in [0, 0.05) is 36.1 Å². The summed E-state index contributed by atoms with van der Waals surface area (Å²) in [6, 6.07) is 26.4. The number of nitrogens with zero attached hydrogens (tertiary/aromatic N) is 3. The monoisotopic (exact) mass is 510 g/mol. The third kappa shape index (κ3) is 5.24. The van der Waals surface area contributed by atoms with Crippen molar-refractivity contribution in [3.8, 4) is 11.1 Å². The Balaban J connectivity index is 1.66. The lowest BCUT2D eigenvalue weighted by Gasteiger charge is -2.25. The molecule has 37 heavy (non-hydrogen) atoms. The molecule has 0 amide bonds. The zero-order chi connectivity index (χ0) is 25.9. The Morgan fingerprint density at radius 2 is 1.81 bits per heavy atom. The Bertz CT molecular complexity index is 1590. The topological polar surface area (TPSA) is 51.9 Å². The maximum absolute atomic E-state index is 12.8. The van der Waals surface area contributed by atoms with Gasteiger partial charge >= 0.3 is 0 Å². The highest BCUT2D eigenvalue weighted by molar-refractivity contribution is 6.30. The predicted molar refractivity (Wildman–Crippen MR) is 152 cm³/mol. The smallest absolute Gasteiger partial charge is 0.251 e. The van der Waals surface area contributed by atoms with Crippen molar-refractivity contribution in [2.24, 2.45) is 7.05 Å². The molecule has 3 aromatic carbocycles. The number of pyridine rings is 1. The average molecular weight is 511 g/mol. The Hall–Kier alpha value is -3.67. The maximum Gasteiger partial charge on any atom is 0.251 e. The molecular formula is C31H31ClN4O. The van der Waals surface area contributed by atoms with Crippen molar-refractivity contribution in [1.29, 1.82) is 0 Å². The van der Waals surface area contributed by atoms with E-state index in [0.29, 0.717) is 11.1 Å². The lowest BCUT2D eigenvalue weighted by molar-refractivity contribution is 0.470. The first-order chi connectivity index (χ1) is 17.9. The normalized spacial score (nSPS) is 13.1. The number of aromatic nitrogens is 3. The molecule has 6 heteroatoms. The Kier molecular flexibility index (Phi) is 7.26. The number of rotatable bonds is 8. The molecule has 5 aromatic rings. The summed E-state index contributed by atoms with van der Waals surface area (Å²) in [4.78, 5) is 17.3. The number of hydrogen-bond acceptors (Lipinski definition) is 3. The Morgan fingerprint density at radius 3 is 2.57 bits per heavy atom. The predicted octanol–water partition coefficient (Wildman–Crippen LogP) is 6.58. The van der Waals surface area contributed by atoms with E-state index < -0.39 is 0 Å². The van der Waals surface area contributed by atoms with Crippen molar-refractivity contribution in [3.05, 3.63) is 124 Å². The van der Waals surface area contributed by atoms with Gasteiger partial charge < -0.3 is 14.5 Å². The highest BCUT2D eigenvalue weighted by Gasteiger charge is 2.22. The van der Waals surface area contributed by atoms with E-state index in [-0.39, 0.29) is 11.6 Å². The molecule has 188 valence electrons. The number of benzene rings is 3. The van der Waals surface area contributed by atoms with Gasteiger partial charge in [-0.05, 0) is 59.9 Å². The van der Waals surface area contributed by atoms with Gasteiger partial charge in [-0.1, -0.05) is 67.1 Å². The fourth-order valence-corrected chi connectivity index (χ4v) is 4.98. The number of nitrogens with one attached hydrogen (secondary N) is 1. The lowest BCUT2D eigenvalue weighted by atomic mass is 9.95. The molecule has 0 spiro atoms. The minimum Gasteiger partial charge on any atom is -0.328 e. The SMILES string of the molecule is CCC(C)NC(c1ccc2c(c1)c(-c1cccc(Cl)c1)cc(=O)n2C)c1cncn1Cc1ccccc1. The molecule has 0 fully saturated rings. The molecule has 0 aliphatic heterocycles. The molecule has 0 aliphatic rings. The van der Waals surface area contributed by atoms with Gasteiger partial charge in [0.15, 0.2) is 0 Å². The lowest BCUT2D eigenvalue weighted by Crippen LogP contribution is -2.32. The van der Waals surface area contributed by atoms with Crippen LogP contribution in [0.5, 0.6) is 0 Å². The average Bonchev–Trinajstić information content (AvgIpc) is 3.37. The van der Waals surface area contributed by atoms with Gasteiger partial charge in [0.25, 0.3) is 5.56 Å². The number of aryl methyl sites for hydroxylation is 1. The van der Waals surface area contributed by atoms with E-state index >= 15 is 0 Å². The van der Waals surface area contributed by atoms with Crippen molar-refractivity contribution in [2.75, 3.05) is 0 Å². The van der Waals surface area contributed by atoms with Crippen LogP contribution in [0.25, 0.3) is 22.0 Å². The van der Waals surface area contributed by atoms with Crippen LogP contribution in [0.1, 0.15) is 43.1 Å². The largest absolute Gasteiger partial charge is 0.328 e. The molecule has 0 aliphatic carbocycles. The van der Waals surface area contributed by atoms with E-state index in [9.17, 15) is 4.79 Å². The molecule has 2 atom stereocenters. The van der Waals surface area contributed by atoms with E-state index in [0.717, 1.165) is 46.3 Å². The van der Waals surface area contributed by atoms with Crippen LogP contribution in [0.4, 0.5) is 0 Å². The van der Waals surface area contributed by atoms with Crippen molar-refractivity contribution >= 4 is 22.5 Å². The van der Waals surface area contributed by atoms with Gasteiger partial charge in [0.1, 0.15) is 0 Å². The molecule has 0 saturated heterocycles. The maximum atomic E-state index is 12.8. The van der Waals surface area contributed by atoms with E-state index in [1.165, 1.54) is 5.56 Å². The van der Waals surface area contributed by atoms with Crippen LogP contribution >= 0.6 is 11.6 Å². The standard InChI is InChI=1S/C31H31ClN4O/c1-4-21(2)34-31(29-18-33-20-36(29)19-22-9-6-5-7-10-22)24-13-14-28-27(16-24)26(17-30(37)35(28)3)23-11-8-12-25(32)15-23/h5-18,20-21,31,34H,4,19H2,1-3H3. The number of hydrogen-bond donors (Lipinski definition) is 1. The minimum absolute atomic E-state index is 0.0505. The zero-order valence-corrected chi connectivity index (χ0v) is 22.1. The summed E-state index contributed by atoms with van der Waals surface area (Å²) in [7, 11) is 1.82. The molecule has 5 rings (SSSR count). The molecule has 2 heterocycles. The zero-order valence-electron chi connectivity index (χ0n) is 21.4. The first-order valence-corrected chi connectivity index (χ1v) is 13.0. The molecular weight excluding hydrogens is 480 g/mol. The molecule has 2 aromatic heterocycles. The van der Waals surface area contributed by atoms with Gasteiger partial charge in [0.2, 0.25) is 0 Å². The summed E-state index contributed by atoms with van der Waals surface area (Å²) in [6.07, 6.45) is 4.85. The summed E-state index contributed by atoms with van der Waals surface area (Å²) in [6.45, 7) is 5.13. The van der Waals surface area contributed by atoms with Gasteiger partial charge in [-0.25, -0.2) is 4.98 Å². The molecule has 0 saturated carbocycles. The first-order valence-electron chi connectivity index (χ1n) is 12.6. The van der Waals surface area contributed by atoms with Gasteiger partial charge in [-0.3, -0.25) is 4.79 Å².